The maximum absolute atomic E-state index is 13.6. The average Bonchev–Trinajstić information content (AvgIpc) is 2.40. The lowest BCUT2D eigenvalue weighted by Gasteiger charge is -2.18. The second-order valence-electron chi connectivity index (χ2n) is 4.71. The van der Waals surface area contributed by atoms with E-state index in [0.29, 0.717) is 16.7 Å². The molecule has 2 aromatic rings. The number of carbonyl (C=O) groups is 1. The third-order valence-corrected chi connectivity index (χ3v) is 3.13. The molecule has 4 heteroatoms. The third-order valence-electron chi connectivity index (χ3n) is 3.13. The van der Waals surface area contributed by atoms with Gasteiger partial charge in [0.25, 0.3) is 5.91 Å². The summed E-state index contributed by atoms with van der Waals surface area (Å²) in [5.74, 6) is -0.982. The molecule has 2 nitrogen and oxygen atoms in total. The van der Waals surface area contributed by atoms with Crippen LogP contribution in [0.15, 0.2) is 42.5 Å². The normalized spacial score (nSPS) is 10.4. The Balaban J connectivity index is 2.19. The molecular formula is C16H15F2NO. The molecule has 0 spiro atoms. The minimum atomic E-state index is -0.379. The maximum atomic E-state index is 13.6. The highest BCUT2D eigenvalue weighted by Gasteiger charge is 2.15. The highest BCUT2D eigenvalue weighted by atomic mass is 19.1. The van der Waals surface area contributed by atoms with Gasteiger partial charge < -0.3 is 4.90 Å². The van der Waals surface area contributed by atoms with Crippen LogP contribution in [0.3, 0.4) is 0 Å². The second kappa shape index (κ2) is 5.82. The number of carbonyl (C=O) groups excluding carboxylic acids is 1. The molecule has 0 aliphatic carbocycles. The molecule has 0 atom stereocenters. The van der Waals surface area contributed by atoms with Gasteiger partial charge in [-0.15, -0.1) is 0 Å². The van der Waals surface area contributed by atoms with Crippen LogP contribution >= 0.6 is 0 Å². The van der Waals surface area contributed by atoms with Crippen LogP contribution in [0.25, 0.3) is 0 Å². The van der Waals surface area contributed by atoms with Crippen molar-refractivity contribution in [2.75, 3.05) is 7.05 Å². The summed E-state index contributed by atoms with van der Waals surface area (Å²) in [6.45, 7) is 1.84. The first-order chi connectivity index (χ1) is 9.49. The third kappa shape index (κ3) is 3.02. The number of rotatable bonds is 3. The molecule has 104 valence electrons. The van der Waals surface area contributed by atoms with E-state index < -0.39 is 0 Å². The lowest BCUT2D eigenvalue weighted by molar-refractivity contribution is 0.0783. The van der Waals surface area contributed by atoms with Gasteiger partial charge in [-0.25, -0.2) is 8.78 Å². The predicted octanol–water partition coefficient (Wildman–Crippen LogP) is 3.55. The van der Waals surface area contributed by atoms with Crippen molar-refractivity contribution in [1.29, 1.82) is 0 Å². The molecule has 0 heterocycles. The molecule has 0 aliphatic heterocycles. The fourth-order valence-corrected chi connectivity index (χ4v) is 2.03. The molecule has 0 saturated carbocycles. The number of aryl methyl sites for hydroxylation is 1. The summed E-state index contributed by atoms with van der Waals surface area (Å²) in [4.78, 5) is 13.7. The van der Waals surface area contributed by atoms with Crippen LogP contribution < -0.4 is 0 Å². The van der Waals surface area contributed by atoms with Gasteiger partial charge in [0.1, 0.15) is 11.6 Å². The van der Waals surface area contributed by atoms with E-state index in [1.165, 1.54) is 29.2 Å². The lowest BCUT2D eigenvalue weighted by atomic mass is 10.1. The Labute approximate surface area is 116 Å². The molecule has 0 fully saturated rings. The molecular weight excluding hydrogens is 260 g/mol. The van der Waals surface area contributed by atoms with Crippen LogP contribution in [-0.4, -0.2) is 17.9 Å². The first kappa shape index (κ1) is 14.2. The average molecular weight is 275 g/mol. The van der Waals surface area contributed by atoms with Gasteiger partial charge in [-0.2, -0.15) is 0 Å². The van der Waals surface area contributed by atoms with Gasteiger partial charge in [0.05, 0.1) is 0 Å². The largest absolute Gasteiger partial charge is 0.337 e. The van der Waals surface area contributed by atoms with Crippen molar-refractivity contribution in [1.82, 2.24) is 4.90 Å². The molecule has 20 heavy (non-hydrogen) atoms. The number of nitrogens with zero attached hydrogens (tertiary/aromatic N) is 1. The van der Waals surface area contributed by atoms with Crippen molar-refractivity contribution in [3.63, 3.8) is 0 Å². The Morgan fingerprint density at radius 3 is 2.50 bits per heavy atom. The summed E-state index contributed by atoms with van der Waals surface area (Å²) in [6.07, 6.45) is 0. The first-order valence-corrected chi connectivity index (χ1v) is 6.24. The summed E-state index contributed by atoms with van der Waals surface area (Å²) in [5.41, 5.74) is 1.43. The van der Waals surface area contributed by atoms with Gasteiger partial charge in [-0.3, -0.25) is 4.79 Å². The van der Waals surface area contributed by atoms with E-state index in [2.05, 4.69) is 0 Å². The molecule has 2 rings (SSSR count). The zero-order valence-electron chi connectivity index (χ0n) is 11.4. The predicted molar refractivity (Wildman–Crippen MR) is 73.3 cm³/mol. The molecule has 0 saturated heterocycles. The van der Waals surface area contributed by atoms with E-state index in [-0.39, 0.29) is 24.1 Å². The van der Waals surface area contributed by atoms with Crippen LogP contribution in [0.5, 0.6) is 0 Å². The van der Waals surface area contributed by atoms with Gasteiger partial charge in [0, 0.05) is 24.7 Å². The standard InChI is InChI=1S/C16H15F2NO/c1-11-9-13(17)7-8-14(11)16(20)19(2)10-12-5-3-4-6-15(12)18/h3-9H,10H2,1-2H3. The summed E-state index contributed by atoms with van der Waals surface area (Å²) in [7, 11) is 1.59. The van der Waals surface area contributed by atoms with Crippen molar-refractivity contribution in [2.24, 2.45) is 0 Å². The maximum Gasteiger partial charge on any atom is 0.254 e. The zero-order chi connectivity index (χ0) is 14.7. The minimum Gasteiger partial charge on any atom is -0.337 e. The van der Waals surface area contributed by atoms with Crippen LogP contribution in [0.1, 0.15) is 21.5 Å². The molecule has 0 unspecified atom stereocenters. The molecule has 2 aromatic carbocycles. The van der Waals surface area contributed by atoms with Crippen molar-refractivity contribution in [3.05, 3.63) is 70.8 Å². The molecule has 0 radical (unpaired) electrons. The van der Waals surface area contributed by atoms with Crippen LogP contribution in [-0.2, 0) is 6.54 Å². The van der Waals surface area contributed by atoms with Gasteiger partial charge >= 0.3 is 0 Å². The van der Waals surface area contributed by atoms with E-state index >= 15 is 0 Å². The van der Waals surface area contributed by atoms with E-state index in [1.54, 1.807) is 32.2 Å². The van der Waals surface area contributed by atoms with E-state index in [1.807, 2.05) is 0 Å². The van der Waals surface area contributed by atoms with Crippen LogP contribution in [0.4, 0.5) is 8.78 Å². The Kier molecular flexibility index (Phi) is 4.13. The molecule has 1 amide bonds. The van der Waals surface area contributed by atoms with Crippen LogP contribution in [0, 0.1) is 18.6 Å². The number of hydrogen-bond acceptors (Lipinski definition) is 1. The summed E-state index contributed by atoms with van der Waals surface area (Å²) in [6, 6.07) is 10.3. The number of hydrogen-bond donors (Lipinski definition) is 0. The van der Waals surface area contributed by atoms with Crippen LogP contribution in [0.2, 0.25) is 0 Å². The topological polar surface area (TPSA) is 20.3 Å². The summed E-state index contributed by atoms with van der Waals surface area (Å²) < 4.78 is 26.6. The summed E-state index contributed by atoms with van der Waals surface area (Å²) in [5, 5.41) is 0. The Morgan fingerprint density at radius 1 is 1.15 bits per heavy atom. The van der Waals surface area contributed by atoms with Crippen molar-refractivity contribution in [2.45, 2.75) is 13.5 Å². The van der Waals surface area contributed by atoms with Gasteiger partial charge in [0.2, 0.25) is 0 Å². The Morgan fingerprint density at radius 2 is 1.85 bits per heavy atom. The molecule has 0 aromatic heterocycles. The fraction of sp³-hybridized carbons (Fsp3) is 0.188. The lowest BCUT2D eigenvalue weighted by Crippen LogP contribution is -2.27. The second-order valence-corrected chi connectivity index (χ2v) is 4.71. The minimum absolute atomic E-state index is 0.169. The van der Waals surface area contributed by atoms with Gasteiger partial charge in [0.15, 0.2) is 0 Å². The summed E-state index contributed by atoms with van der Waals surface area (Å²) >= 11 is 0. The Bertz CT molecular complexity index is 640. The Hall–Kier alpha value is -2.23. The molecule has 0 bridgehead atoms. The van der Waals surface area contributed by atoms with Gasteiger partial charge in [-0.05, 0) is 36.8 Å². The van der Waals surface area contributed by atoms with Crippen molar-refractivity contribution >= 4 is 5.91 Å². The van der Waals surface area contributed by atoms with Crippen molar-refractivity contribution < 1.29 is 13.6 Å². The quantitative estimate of drug-likeness (QED) is 0.839. The van der Waals surface area contributed by atoms with E-state index in [4.69, 9.17) is 0 Å². The smallest absolute Gasteiger partial charge is 0.254 e. The van der Waals surface area contributed by atoms with Crippen molar-refractivity contribution in [3.8, 4) is 0 Å². The first-order valence-electron chi connectivity index (χ1n) is 6.24. The van der Waals surface area contributed by atoms with E-state index in [0.717, 1.165) is 0 Å². The monoisotopic (exact) mass is 275 g/mol. The highest BCUT2D eigenvalue weighted by Crippen LogP contribution is 2.15. The zero-order valence-corrected chi connectivity index (χ0v) is 11.4. The van der Waals surface area contributed by atoms with E-state index in [9.17, 15) is 13.6 Å². The highest BCUT2D eigenvalue weighted by molar-refractivity contribution is 5.95. The number of amides is 1. The fourth-order valence-electron chi connectivity index (χ4n) is 2.03. The number of halogens is 2. The molecule has 0 aliphatic rings. The molecule has 0 N–H and O–H groups in total. The SMILES string of the molecule is Cc1cc(F)ccc1C(=O)N(C)Cc1ccccc1F. The number of benzene rings is 2. The van der Waals surface area contributed by atoms with Gasteiger partial charge in [-0.1, -0.05) is 18.2 Å².